The Labute approximate surface area is 92.5 Å². The zero-order valence-corrected chi connectivity index (χ0v) is 9.07. The number of nitrogens with zero attached hydrogens (tertiary/aromatic N) is 2. The standard InChI is InChI=1S/C11H12FN3O/c1-15-6-14-10(11(15)13)7-3-4-9(16-2)8(12)5-7/h3-6H,13H2,1-2H3. The molecular weight excluding hydrogens is 209 g/mol. The maximum absolute atomic E-state index is 13.5. The van der Waals surface area contributed by atoms with Gasteiger partial charge in [0, 0.05) is 12.6 Å². The Bertz CT molecular complexity index is 522. The zero-order chi connectivity index (χ0) is 11.7. The highest BCUT2D eigenvalue weighted by Gasteiger charge is 2.10. The molecule has 2 aromatic rings. The number of hydrogen-bond acceptors (Lipinski definition) is 3. The Hall–Kier alpha value is -2.04. The van der Waals surface area contributed by atoms with Gasteiger partial charge < -0.3 is 15.0 Å². The van der Waals surface area contributed by atoms with E-state index < -0.39 is 5.82 Å². The van der Waals surface area contributed by atoms with Gasteiger partial charge in [-0.2, -0.15) is 0 Å². The molecule has 16 heavy (non-hydrogen) atoms. The fraction of sp³-hybridized carbons (Fsp3) is 0.182. The topological polar surface area (TPSA) is 53.1 Å². The van der Waals surface area contributed by atoms with Crippen LogP contribution in [0.1, 0.15) is 0 Å². The first kappa shape index (κ1) is 10.5. The number of rotatable bonds is 2. The van der Waals surface area contributed by atoms with Crippen molar-refractivity contribution in [3.63, 3.8) is 0 Å². The van der Waals surface area contributed by atoms with Crippen molar-refractivity contribution >= 4 is 5.82 Å². The molecule has 0 fully saturated rings. The second-order valence-electron chi connectivity index (χ2n) is 3.44. The number of imidazole rings is 1. The molecule has 0 bridgehead atoms. The minimum Gasteiger partial charge on any atom is -0.494 e. The Morgan fingerprint density at radius 3 is 2.69 bits per heavy atom. The van der Waals surface area contributed by atoms with E-state index in [9.17, 15) is 4.39 Å². The normalized spacial score (nSPS) is 10.4. The van der Waals surface area contributed by atoms with Crippen molar-refractivity contribution in [1.29, 1.82) is 0 Å². The van der Waals surface area contributed by atoms with Crippen molar-refractivity contribution in [2.75, 3.05) is 12.8 Å². The predicted molar refractivity (Wildman–Crippen MR) is 59.6 cm³/mol. The fourth-order valence-corrected chi connectivity index (χ4v) is 1.48. The first-order valence-corrected chi connectivity index (χ1v) is 4.74. The molecule has 5 heteroatoms. The Kier molecular flexibility index (Phi) is 2.52. The highest BCUT2D eigenvalue weighted by molar-refractivity contribution is 5.70. The molecule has 0 aliphatic carbocycles. The van der Waals surface area contributed by atoms with Crippen molar-refractivity contribution < 1.29 is 9.13 Å². The molecule has 0 amide bonds. The summed E-state index contributed by atoms with van der Waals surface area (Å²) in [7, 11) is 3.21. The molecule has 1 aromatic heterocycles. The highest BCUT2D eigenvalue weighted by Crippen LogP contribution is 2.27. The number of nitrogens with two attached hydrogens (primary N) is 1. The van der Waals surface area contributed by atoms with E-state index in [2.05, 4.69) is 4.98 Å². The van der Waals surface area contributed by atoms with Crippen LogP contribution < -0.4 is 10.5 Å². The summed E-state index contributed by atoms with van der Waals surface area (Å²) in [6.07, 6.45) is 1.59. The van der Waals surface area contributed by atoms with Gasteiger partial charge in [0.25, 0.3) is 0 Å². The third-order valence-electron chi connectivity index (χ3n) is 2.41. The average Bonchev–Trinajstić information content (AvgIpc) is 2.60. The molecule has 2 N–H and O–H groups in total. The number of aryl methyl sites for hydroxylation is 1. The third-order valence-corrected chi connectivity index (χ3v) is 2.41. The van der Waals surface area contributed by atoms with Crippen LogP contribution in [-0.4, -0.2) is 16.7 Å². The van der Waals surface area contributed by atoms with Gasteiger partial charge in [0.2, 0.25) is 0 Å². The van der Waals surface area contributed by atoms with Crippen molar-refractivity contribution in [2.24, 2.45) is 7.05 Å². The average molecular weight is 221 g/mol. The second-order valence-corrected chi connectivity index (χ2v) is 3.44. The van der Waals surface area contributed by atoms with Crippen LogP contribution in [0.15, 0.2) is 24.5 Å². The van der Waals surface area contributed by atoms with Crippen molar-refractivity contribution in [3.05, 3.63) is 30.3 Å². The smallest absolute Gasteiger partial charge is 0.165 e. The minimum atomic E-state index is -0.426. The predicted octanol–water partition coefficient (Wildman–Crippen LogP) is 1.82. The van der Waals surface area contributed by atoms with Crippen LogP contribution in [0.3, 0.4) is 0 Å². The molecule has 0 saturated carbocycles. The molecule has 0 aliphatic heterocycles. The van der Waals surface area contributed by atoms with Crippen LogP contribution in [0.25, 0.3) is 11.3 Å². The first-order valence-electron chi connectivity index (χ1n) is 4.74. The Morgan fingerprint density at radius 1 is 1.44 bits per heavy atom. The number of hydrogen-bond donors (Lipinski definition) is 1. The molecule has 1 heterocycles. The quantitative estimate of drug-likeness (QED) is 0.841. The monoisotopic (exact) mass is 221 g/mol. The van der Waals surface area contributed by atoms with Crippen LogP contribution in [0.5, 0.6) is 5.75 Å². The number of nitrogen functional groups attached to an aromatic ring is 1. The maximum Gasteiger partial charge on any atom is 0.165 e. The van der Waals surface area contributed by atoms with Gasteiger partial charge in [-0.1, -0.05) is 0 Å². The Morgan fingerprint density at radius 2 is 2.19 bits per heavy atom. The number of aromatic nitrogens is 2. The lowest BCUT2D eigenvalue weighted by Gasteiger charge is -2.04. The maximum atomic E-state index is 13.5. The fourth-order valence-electron chi connectivity index (χ4n) is 1.48. The SMILES string of the molecule is COc1ccc(-c2ncn(C)c2N)cc1F. The van der Waals surface area contributed by atoms with Gasteiger partial charge in [0.1, 0.15) is 11.5 Å². The summed E-state index contributed by atoms with van der Waals surface area (Å²) in [6.45, 7) is 0. The van der Waals surface area contributed by atoms with Crippen LogP contribution in [-0.2, 0) is 7.05 Å². The van der Waals surface area contributed by atoms with Crippen LogP contribution in [0.2, 0.25) is 0 Å². The molecule has 0 aliphatic rings. The molecule has 1 aromatic carbocycles. The van der Waals surface area contributed by atoms with E-state index in [-0.39, 0.29) is 5.75 Å². The number of methoxy groups -OCH3 is 1. The van der Waals surface area contributed by atoms with E-state index in [0.29, 0.717) is 17.1 Å². The number of halogens is 1. The van der Waals surface area contributed by atoms with Gasteiger partial charge in [0.15, 0.2) is 11.6 Å². The molecule has 0 spiro atoms. The van der Waals surface area contributed by atoms with Gasteiger partial charge in [0.05, 0.1) is 13.4 Å². The lowest BCUT2D eigenvalue weighted by Crippen LogP contribution is -1.96. The highest BCUT2D eigenvalue weighted by atomic mass is 19.1. The molecule has 0 radical (unpaired) electrons. The largest absolute Gasteiger partial charge is 0.494 e. The molecule has 84 valence electrons. The van der Waals surface area contributed by atoms with Gasteiger partial charge in [-0.05, 0) is 18.2 Å². The summed E-state index contributed by atoms with van der Waals surface area (Å²) in [5, 5.41) is 0. The summed E-state index contributed by atoms with van der Waals surface area (Å²) in [5.41, 5.74) is 7.01. The van der Waals surface area contributed by atoms with E-state index in [0.717, 1.165) is 0 Å². The molecule has 0 unspecified atom stereocenters. The number of anilines is 1. The third kappa shape index (κ3) is 1.60. The lowest BCUT2D eigenvalue weighted by molar-refractivity contribution is 0.386. The van der Waals surface area contributed by atoms with Crippen LogP contribution in [0.4, 0.5) is 10.2 Å². The van der Waals surface area contributed by atoms with Gasteiger partial charge >= 0.3 is 0 Å². The van der Waals surface area contributed by atoms with Crippen molar-refractivity contribution in [3.8, 4) is 17.0 Å². The summed E-state index contributed by atoms with van der Waals surface area (Å²) in [4.78, 5) is 4.11. The van der Waals surface area contributed by atoms with E-state index in [1.807, 2.05) is 0 Å². The van der Waals surface area contributed by atoms with Gasteiger partial charge in [-0.15, -0.1) is 0 Å². The lowest BCUT2D eigenvalue weighted by atomic mass is 10.1. The van der Waals surface area contributed by atoms with E-state index in [1.54, 1.807) is 30.1 Å². The molecule has 0 saturated heterocycles. The van der Waals surface area contributed by atoms with Gasteiger partial charge in [-0.25, -0.2) is 9.37 Å². The van der Waals surface area contributed by atoms with E-state index in [1.165, 1.54) is 13.2 Å². The number of benzene rings is 1. The second kappa shape index (κ2) is 3.84. The van der Waals surface area contributed by atoms with E-state index in [4.69, 9.17) is 10.5 Å². The summed E-state index contributed by atoms with van der Waals surface area (Å²) < 4.78 is 20.0. The number of ether oxygens (including phenoxy) is 1. The molecular formula is C11H12FN3O. The summed E-state index contributed by atoms with van der Waals surface area (Å²) in [6, 6.07) is 4.64. The zero-order valence-electron chi connectivity index (χ0n) is 9.07. The molecule has 2 rings (SSSR count). The van der Waals surface area contributed by atoms with Crippen LogP contribution >= 0.6 is 0 Å². The summed E-state index contributed by atoms with van der Waals surface area (Å²) in [5.74, 6) is 0.285. The molecule has 4 nitrogen and oxygen atoms in total. The molecule has 0 atom stereocenters. The Balaban J connectivity index is 2.49. The van der Waals surface area contributed by atoms with Crippen molar-refractivity contribution in [2.45, 2.75) is 0 Å². The minimum absolute atomic E-state index is 0.207. The van der Waals surface area contributed by atoms with Crippen molar-refractivity contribution in [1.82, 2.24) is 9.55 Å². The van der Waals surface area contributed by atoms with Gasteiger partial charge in [-0.3, -0.25) is 0 Å². The van der Waals surface area contributed by atoms with Crippen LogP contribution in [0, 0.1) is 5.82 Å². The summed E-state index contributed by atoms with van der Waals surface area (Å²) >= 11 is 0. The first-order chi connectivity index (χ1) is 7.63. The van der Waals surface area contributed by atoms with E-state index >= 15 is 0 Å².